The molecular weight excluding hydrogens is 328 g/mol. The van der Waals surface area contributed by atoms with Crippen LogP contribution in [0, 0.1) is 5.92 Å². The largest absolute Gasteiger partial charge is 0.379 e. The predicted octanol–water partition coefficient (Wildman–Crippen LogP) is 2.46. The maximum absolute atomic E-state index is 12.6. The van der Waals surface area contributed by atoms with Crippen LogP contribution in [0.3, 0.4) is 0 Å². The van der Waals surface area contributed by atoms with E-state index in [0.29, 0.717) is 18.7 Å². The van der Waals surface area contributed by atoms with Crippen LogP contribution in [0.1, 0.15) is 42.5 Å². The van der Waals surface area contributed by atoms with Crippen molar-refractivity contribution in [1.82, 2.24) is 10.2 Å². The number of piperidine rings is 1. The molecule has 5 nitrogen and oxygen atoms in total. The number of hydrogen-bond acceptors (Lipinski definition) is 4. The fourth-order valence-electron chi connectivity index (χ4n) is 3.93. The van der Waals surface area contributed by atoms with Gasteiger partial charge in [0.25, 0.3) is 5.91 Å². The minimum absolute atomic E-state index is 0.153. The molecule has 2 heterocycles. The number of nitrogens with one attached hydrogen (secondary N) is 1. The third-order valence-corrected chi connectivity index (χ3v) is 5.80. The average Bonchev–Trinajstić information content (AvgIpc) is 3.53. The fraction of sp³-hybridized carbons (Fsp3) is 0.667. The summed E-state index contributed by atoms with van der Waals surface area (Å²) < 4.78 is 11.8. The maximum atomic E-state index is 12.6. The third-order valence-electron chi connectivity index (χ3n) is 5.80. The first-order valence-corrected chi connectivity index (χ1v) is 10.1. The molecule has 0 radical (unpaired) electrons. The minimum Gasteiger partial charge on any atom is -0.379 e. The van der Waals surface area contributed by atoms with Crippen molar-refractivity contribution in [3.05, 3.63) is 35.9 Å². The third kappa shape index (κ3) is 4.64. The molecule has 2 aliphatic heterocycles. The molecular formula is C21H30N2O3. The van der Waals surface area contributed by atoms with Crippen LogP contribution in [-0.4, -0.2) is 61.9 Å². The molecule has 2 saturated heterocycles. The van der Waals surface area contributed by atoms with Crippen molar-refractivity contribution in [2.75, 3.05) is 32.9 Å². The lowest BCUT2D eigenvalue weighted by molar-refractivity contribution is -0.0746. The second-order valence-corrected chi connectivity index (χ2v) is 7.88. The number of carbonyl (C=O) groups is 1. The van der Waals surface area contributed by atoms with Crippen LogP contribution in [-0.2, 0) is 9.47 Å². The highest BCUT2D eigenvalue weighted by molar-refractivity contribution is 5.94. The van der Waals surface area contributed by atoms with Crippen LogP contribution in [0.2, 0.25) is 0 Å². The lowest BCUT2D eigenvalue weighted by atomic mass is 9.99. The lowest BCUT2D eigenvalue weighted by Gasteiger charge is -2.38. The summed E-state index contributed by atoms with van der Waals surface area (Å²) in [7, 11) is 0. The highest BCUT2D eigenvalue weighted by atomic mass is 16.5. The second kappa shape index (κ2) is 8.51. The van der Waals surface area contributed by atoms with Crippen molar-refractivity contribution in [3.8, 4) is 0 Å². The van der Waals surface area contributed by atoms with Gasteiger partial charge in [-0.25, -0.2) is 0 Å². The van der Waals surface area contributed by atoms with Gasteiger partial charge >= 0.3 is 0 Å². The summed E-state index contributed by atoms with van der Waals surface area (Å²) in [5.41, 5.74) is 0.789. The van der Waals surface area contributed by atoms with Crippen molar-refractivity contribution < 1.29 is 14.3 Å². The van der Waals surface area contributed by atoms with Crippen LogP contribution in [0.15, 0.2) is 30.3 Å². The minimum atomic E-state index is 0.153. The molecule has 0 aromatic heterocycles. The van der Waals surface area contributed by atoms with Gasteiger partial charge in [0.2, 0.25) is 0 Å². The normalized spacial score (nSPS) is 27.5. The summed E-state index contributed by atoms with van der Waals surface area (Å²) in [5, 5.41) is 3.81. The smallest absolute Gasteiger partial charge is 0.253 e. The second-order valence-electron chi connectivity index (χ2n) is 7.88. The van der Waals surface area contributed by atoms with E-state index in [4.69, 9.17) is 9.47 Å². The first-order chi connectivity index (χ1) is 12.8. The van der Waals surface area contributed by atoms with Gasteiger partial charge in [0.1, 0.15) is 0 Å². The van der Waals surface area contributed by atoms with Crippen molar-refractivity contribution in [1.29, 1.82) is 0 Å². The SMILES string of the molecule is O=C(c1ccccc1)N1CCC(N[C@@H]2CCOC[C@H]2OCC2CC2)CC1. The number of rotatable bonds is 6. The Balaban J connectivity index is 1.25. The number of hydrogen-bond donors (Lipinski definition) is 1. The van der Waals surface area contributed by atoms with Gasteiger partial charge in [0.05, 0.1) is 12.7 Å². The Kier molecular flexibility index (Phi) is 5.88. The van der Waals surface area contributed by atoms with Crippen molar-refractivity contribution in [2.45, 2.75) is 50.3 Å². The molecule has 5 heteroatoms. The van der Waals surface area contributed by atoms with E-state index < -0.39 is 0 Å². The molecule has 1 aliphatic carbocycles. The van der Waals surface area contributed by atoms with Gasteiger partial charge in [-0.15, -0.1) is 0 Å². The van der Waals surface area contributed by atoms with Gasteiger partial charge in [0.15, 0.2) is 0 Å². The topological polar surface area (TPSA) is 50.8 Å². The number of carbonyl (C=O) groups excluding carboxylic acids is 1. The molecule has 0 unspecified atom stereocenters. The van der Waals surface area contributed by atoms with E-state index >= 15 is 0 Å². The van der Waals surface area contributed by atoms with Gasteiger partial charge in [-0.1, -0.05) is 18.2 Å². The molecule has 142 valence electrons. The van der Waals surface area contributed by atoms with E-state index in [9.17, 15) is 4.79 Å². The quantitative estimate of drug-likeness (QED) is 0.849. The molecule has 0 bridgehead atoms. The van der Waals surface area contributed by atoms with Gasteiger partial charge in [-0.3, -0.25) is 4.79 Å². The summed E-state index contributed by atoms with van der Waals surface area (Å²) in [6, 6.07) is 10.4. The zero-order valence-electron chi connectivity index (χ0n) is 15.4. The molecule has 3 aliphatic rings. The Morgan fingerprint density at radius 1 is 1.12 bits per heavy atom. The molecule has 1 aromatic rings. The van der Waals surface area contributed by atoms with E-state index in [1.165, 1.54) is 12.8 Å². The molecule has 1 saturated carbocycles. The van der Waals surface area contributed by atoms with E-state index in [1.807, 2.05) is 35.2 Å². The molecule has 1 amide bonds. The van der Waals surface area contributed by atoms with Crippen LogP contribution in [0.4, 0.5) is 0 Å². The van der Waals surface area contributed by atoms with Crippen molar-refractivity contribution in [2.24, 2.45) is 5.92 Å². The summed E-state index contributed by atoms with van der Waals surface area (Å²) >= 11 is 0. The Morgan fingerprint density at radius 2 is 1.88 bits per heavy atom. The van der Waals surface area contributed by atoms with Crippen LogP contribution < -0.4 is 5.32 Å². The number of nitrogens with zero attached hydrogens (tertiary/aromatic N) is 1. The molecule has 4 rings (SSSR count). The Morgan fingerprint density at radius 3 is 2.62 bits per heavy atom. The van der Waals surface area contributed by atoms with Crippen LogP contribution >= 0.6 is 0 Å². The summed E-state index contributed by atoms with van der Waals surface area (Å²) in [4.78, 5) is 14.6. The number of likely N-dealkylation sites (tertiary alicyclic amines) is 1. The van der Waals surface area contributed by atoms with Gasteiger partial charge in [0, 0.05) is 44.0 Å². The molecule has 3 fully saturated rings. The highest BCUT2D eigenvalue weighted by Gasteiger charge is 2.32. The van der Waals surface area contributed by atoms with Crippen molar-refractivity contribution in [3.63, 3.8) is 0 Å². The molecule has 1 N–H and O–H groups in total. The van der Waals surface area contributed by atoms with Crippen molar-refractivity contribution >= 4 is 5.91 Å². The zero-order valence-corrected chi connectivity index (χ0v) is 15.4. The fourth-order valence-corrected chi connectivity index (χ4v) is 3.93. The summed E-state index contributed by atoms with van der Waals surface area (Å²) in [5.74, 6) is 0.936. The van der Waals surface area contributed by atoms with Crippen LogP contribution in [0.25, 0.3) is 0 Å². The summed E-state index contributed by atoms with van der Waals surface area (Å²) in [6.07, 6.45) is 5.84. The van der Waals surface area contributed by atoms with E-state index in [1.54, 1.807) is 0 Å². The van der Waals surface area contributed by atoms with E-state index in [2.05, 4.69) is 5.32 Å². The van der Waals surface area contributed by atoms with Gasteiger partial charge in [-0.05, 0) is 50.2 Å². The number of amides is 1. The monoisotopic (exact) mass is 358 g/mol. The Hall–Kier alpha value is -1.43. The maximum Gasteiger partial charge on any atom is 0.253 e. The first kappa shape index (κ1) is 18.0. The number of benzene rings is 1. The molecule has 1 aromatic carbocycles. The molecule has 2 atom stereocenters. The Bertz CT molecular complexity index is 582. The lowest BCUT2D eigenvalue weighted by Crippen LogP contribution is -2.54. The molecule has 26 heavy (non-hydrogen) atoms. The van der Waals surface area contributed by atoms with Gasteiger partial charge < -0.3 is 19.7 Å². The summed E-state index contributed by atoms with van der Waals surface area (Å²) in [6.45, 7) is 4.04. The Labute approximate surface area is 156 Å². The van der Waals surface area contributed by atoms with E-state index in [0.717, 1.165) is 57.0 Å². The van der Waals surface area contributed by atoms with Crippen LogP contribution in [0.5, 0.6) is 0 Å². The average molecular weight is 358 g/mol. The number of ether oxygens (including phenoxy) is 2. The molecule has 0 spiro atoms. The van der Waals surface area contributed by atoms with Gasteiger partial charge in [-0.2, -0.15) is 0 Å². The highest BCUT2D eigenvalue weighted by Crippen LogP contribution is 2.30. The van der Waals surface area contributed by atoms with E-state index in [-0.39, 0.29) is 12.0 Å². The standard InChI is InChI=1S/C21H30N2O3/c24-21(17-4-2-1-3-5-17)23-11-8-18(9-12-23)22-19-10-13-25-15-20(19)26-14-16-6-7-16/h1-5,16,18-20,22H,6-15H2/t19-,20-/m1/s1. The zero-order chi connectivity index (χ0) is 17.8. The predicted molar refractivity (Wildman–Crippen MR) is 100 cm³/mol. The first-order valence-electron chi connectivity index (χ1n) is 10.1.